The summed E-state index contributed by atoms with van der Waals surface area (Å²) in [5, 5.41) is 4.53. The molecule has 0 saturated carbocycles. The van der Waals surface area contributed by atoms with Crippen LogP contribution < -0.4 is 5.73 Å². The number of benzene rings is 3. The molecule has 0 atom stereocenters. The number of nitrogens with zero attached hydrogens (tertiary/aromatic N) is 4. The molecule has 0 aliphatic carbocycles. The summed E-state index contributed by atoms with van der Waals surface area (Å²) < 4.78 is 28.6. The van der Waals surface area contributed by atoms with Crippen LogP contribution in [0.2, 0.25) is 0 Å². The summed E-state index contributed by atoms with van der Waals surface area (Å²) in [4.78, 5) is 9.32. The highest BCUT2D eigenvalue weighted by atomic mass is 32.2. The Bertz CT molecular complexity index is 1680. The van der Waals surface area contributed by atoms with Crippen molar-refractivity contribution in [1.82, 2.24) is 14.6 Å². The third kappa shape index (κ3) is 4.06. The summed E-state index contributed by atoms with van der Waals surface area (Å²) >= 11 is 0. The number of sulfone groups is 1. The van der Waals surface area contributed by atoms with Crippen molar-refractivity contribution in [2.24, 2.45) is 5.10 Å². The molecule has 2 aromatic heterocycles. The zero-order valence-electron chi connectivity index (χ0n) is 19.7. The van der Waals surface area contributed by atoms with Crippen molar-refractivity contribution in [2.75, 3.05) is 5.73 Å². The van der Waals surface area contributed by atoms with Crippen LogP contribution in [0.25, 0.3) is 22.2 Å². The Morgan fingerprint density at radius 1 is 0.857 bits per heavy atom. The standard InChI is InChI=1S/C27H25N5O2S/c1-27(2,3)19-15-13-18(14-16-19)17-29-32-25(28)24(35(33,34)20-9-5-4-6-10-20)23-26(32)31-22-12-8-7-11-21(22)30-23/h4-17H,28H2,1-3H3/b29-17+. The van der Waals surface area contributed by atoms with Gasteiger partial charge in [-0.25, -0.2) is 18.4 Å². The molecule has 0 bridgehead atoms. The minimum absolute atomic E-state index is 0.0358. The van der Waals surface area contributed by atoms with Crippen molar-refractivity contribution in [1.29, 1.82) is 0 Å². The lowest BCUT2D eigenvalue weighted by atomic mass is 9.87. The van der Waals surface area contributed by atoms with E-state index in [4.69, 9.17) is 5.73 Å². The summed E-state index contributed by atoms with van der Waals surface area (Å²) in [5.41, 5.74) is 10.2. The molecule has 3 aromatic carbocycles. The molecule has 5 rings (SSSR count). The Balaban J connectivity index is 1.71. The van der Waals surface area contributed by atoms with Crippen LogP contribution in [-0.2, 0) is 15.3 Å². The minimum Gasteiger partial charge on any atom is -0.382 e. The SMILES string of the molecule is CC(C)(C)c1ccc(/C=N/n2c(N)c(S(=O)(=O)c3ccccc3)c3nc4ccccc4nc32)cc1. The maximum atomic E-state index is 13.6. The molecule has 0 amide bonds. The average molecular weight is 484 g/mol. The van der Waals surface area contributed by atoms with Crippen molar-refractivity contribution in [2.45, 2.75) is 36.0 Å². The third-order valence-corrected chi connectivity index (χ3v) is 7.68. The Morgan fingerprint density at radius 3 is 2.09 bits per heavy atom. The van der Waals surface area contributed by atoms with Gasteiger partial charge in [0.15, 0.2) is 5.65 Å². The molecule has 0 aliphatic rings. The molecule has 2 heterocycles. The fourth-order valence-electron chi connectivity index (χ4n) is 3.92. The van der Waals surface area contributed by atoms with E-state index < -0.39 is 9.84 Å². The van der Waals surface area contributed by atoms with Crippen LogP contribution in [0.4, 0.5) is 5.82 Å². The van der Waals surface area contributed by atoms with E-state index in [1.165, 1.54) is 22.4 Å². The highest BCUT2D eigenvalue weighted by Gasteiger charge is 2.30. The largest absolute Gasteiger partial charge is 0.382 e. The quantitative estimate of drug-likeness (QED) is 0.355. The summed E-state index contributed by atoms with van der Waals surface area (Å²) in [6.07, 6.45) is 1.64. The van der Waals surface area contributed by atoms with Crippen LogP contribution in [0.3, 0.4) is 0 Å². The van der Waals surface area contributed by atoms with E-state index >= 15 is 0 Å². The van der Waals surface area contributed by atoms with Crippen LogP contribution in [0.15, 0.2) is 93.8 Å². The molecule has 7 nitrogen and oxygen atoms in total. The lowest BCUT2D eigenvalue weighted by Crippen LogP contribution is -2.10. The Labute approximate surface area is 203 Å². The van der Waals surface area contributed by atoms with Crippen LogP contribution in [0, 0.1) is 0 Å². The van der Waals surface area contributed by atoms with Crippen LogP contribution in [0.5, 0.6) is 0 Å². The van der Waals surface area contributed by atoms with E-state index in [1.807, 2.05) is 30.3 Å². The molecule has 0 saturated heterocycles. The zero-order valence-corrected chi connectivity index (χ0v) is 20.5. The number of para-hydroxylation sites is 2. The molecule has 2 N–H and O–H groups in total. The maximum absolute atomic E-state index is 13.6. The molecule has 0 aliphatic heterocycles. The predicted octanol–water partition coefficient (Wildman–Crippen LogP) is 5.18. The van der Waals surface area contributed by atoms with E-state index in [9.17, 15) is 8.42 Å². The number of nitrogen functional groups attached to an aromatic ring is 1. The van der Waals surface area contributed by atoms with Gasteiger partial charge < -0.3 is 5.73 Å². The Morgan fingerprint density at radius 2 is 1.46 bits per heavy atom. The molecule has 0 unspecified atom stereocenters. The molecule has 35 heavy (non-hydrogen) atoms. The summed E-state index contributed by atoms with van der Waals surface area (Å²) in [7, 11) is -3.97. The van der Waals surface area contributed by atoms with Gasteiger partial charge in [0, 0.05) is 0 Å². The number of rotatable bonds is 4. The van der Waals surface area contributed by atoms with E-state index in [0.717, 1.165) is 5.56 Å². The molecule has 0 spiro atoms. The fourth-order valence-corrected chi connectivity index (χ4v) is 5.42. The number of hydrogen-bond donors (Lipinski definition) is 1. The van der Waals surface area contributed by atoms with Crippen LogP contribution in [-0.4, -0.2) is 29.3 Å². The number of nitrogens with two attached hydrogens (primary N) is 1. The molecular weight excluding hydrogens is 458 g/mol. The highest BCUT2D eigenvalue weighted by Crippen LogP contribution is 2.35. The summed E-state index contributed by atoms with van der Waals surface area (Å²) in [5.74, 6) is -0.0401. The monoisotopic (exact) mass is 483 g/mol. The first-order valence-corrected chi connectivity index (χ1v) is 12.7. The second-order valence-electron chi connectivity index (χ2n) is 9.34. The van der Waals surface area contributed by atoms with E-state index in [1.54, 1.807) is 30.5 Å². The first-order chi connectivity index (χ1) is 16.7. The maximum Gasteiger partial charge on any atom is 0.212 e. The number of anilines is 1. The van der Waals surface area contributed by atoms with Gasteiger partial charge in [-0.05, 0) is 40.8 Å². The van der Waals surface area contributed by atoms with Gasteiger partial charge in [-0.1, -0.05) is 75.4 Å². The lowest BCUT2D eigenvalue weighted by molar-refractivity contribution is 0.590. The number of hydrogen-bond acceptors (Lipinski definition) is 6. The minimum atomic E-state index is -3.97. The van der Waals surface area contributed by atoms with Crippen molar-refractivity contribution >= 4 is 44.1 Å². The van der Waals surface area contributed by atoms with E-state index in [2.05, 4.69) is 48.0 Å². The van der Waals surface area contributed by atoms with Gasteiger partial charge in [-0.3, -0.25) is 0 Å². The molecule has 0 radical (unpaired) electrons. The van der Waals surface area contributed by atoms with E-state index in [-0.39, 0.29) is 32.2 Å². The zero-order chi connectivity index (χ0) is 24.8. The average Bonchev–Trinajstić information content (AvgIpc) is 3.12. The van der Waals surface area contributed by atoms with Crippen molar-refractivity contribution in [3.8, 4) is 0 Å². The fraction of sp³-hybridized carbons (Fsp3) is 0.148. The molecule has 176 valence electrons. The third-order valence-electron chi connectivity index (χ3n) is 5.85. The van der Waals surface area contributed by atoms with Crippen molar-refractivity contribution in [3.63, 3.8) is 0 Å². The van der Waals surface area contributed by atoms with Gasteiger partial charge in [0.2, 0.25) is 9.84 Å². The predicted molar refractivity (Wildman–Crippen MR) is 139 cm³/mol. The van der Waals surface area contributed by atoms with Gasteiger partial charge >= 0.3 is 0 Å². The van der Waals surface area contributed by atoms with Gasteiger partial charge in [0.1, 0.15) is 16.2 Å². The van der Waals surface area contributed by atoms with Crippen LogP contribution in [0.1, 0.15) is 31.9 Å². The number of aromatic nitrogens is 3. The van der Waals surface area contributed by atoms with Gasteiger partial charge in [0.25, 0.3) is 0 Å². The normalized spacial score (nSPS) is 12.7. The molecule has 0 fully saturated rings. The smallest absolute Gasteiger partial charge is 0.212 e. The topological polar surface area (TPSA) is 103 Å². The summed E-state index contributed by atoms with van der Waals surface area (Å²) in [6.45, 7) is 6.46. The van der Waals surface area contributed by atoms with Crippen LogP contribution >= 0.6 is 0 Å². The van der Waals surface area contributed by atoms with Crippen molar-refractivity contribution in [3.05, 3.63) is 90.0 Å². The molecule has 5 aromatic rings. The van der Waals surface area contributed by atoms with Crippen molar-refractivity contribution < 1.29 is 8.42 Å². The first-order valence-electron chi connectivity index (χ1n) is 11.2. The Kier molecular flexibility index (Phi) is 5.40. The molecular formula is C27H25N5O2S. The van der Waals surface area contributed by atoms with Gasteiger partial charge in [0.05, 0.1) is 22.1 Å². The number of fused-ring (bicyclic) bond motifs is 2. The van der Waals surface area contributed by atoms with Gasteiger partial charge in [-0.15, -0.1) is 0 Å². The second kappa shape index (κ2) is 8.32. The molecule has 8 heteroatoms. The second-order valence-corrected chi connectivity index (χ2v) is 11.2. The lowest BCUT2D eigenvalue weighted by Gasteiger charge is -2.18. The van der Waals surface area contributed by atoms with Gasteiger partial charge in [-0.2, -0.15) is 9.78 Å². The Hall–Kier alpha value is -4.04. The van der Waals surface area contributed by atoms with E-state index in [0.29, 0.717) is 11.0 Å². The summed E-state index contributed by atoms with van der Waals surface area (Å²) in [6, 6.07) is 23.5. The first kappa shape index (κ1) is 22.7. The highest BCUT2D eigenvalue weighted by molar-refractivity contribution is 7.92.